The lowest BCUT2D eigenvalue weighted by molar-refractivity contribution is -0.120. The summed E-state index contributed by atoms with van der Waals surface area (Å²) in [6, 6.07) is 13.3. The number of aliphatic imine (C=N–C) groups is 1. The van der Waals surface area contributed by atoms with Gasteiger partial charge in [0.1, 0.15) is 5.75 Å². The molecule has 0 fully saturated rings. The van der Waals surface area contributed by atoms with Crippen LogP contribution in [0.4, 0.5) is 0 Å². The van der Waals surface area contributed by atoms with Crippen LogP contribution in [0.3, 0.4) is 0 Å². The maximum Gasteiger partial charge on any atom is 0.239 e. The summed E-state index contributed by atoms with van der Waals surface area (Å²) in [7, 11) is 1.62. The molecule has 1 aliphatic rings. The van der Waals surface area contributed by atoms with E-state index in [0.717, 1.165) is 28.4 Å². The fraction of sp³-hybridized carbons (Fsp3) is 0.333. The Bertz CT molecular complexity index is 852. The molecule has 0 bridgehead atoms. The van der Waals surface area contributed by atoms with Gasteiger partial charge in [-0.25, -0.2) is 4.99 Å². The van der Waals surface area contributed by atoms with Crippen molar-refractivity contribution in [3.05, 3.63) is 53.6 Å². The van der Waals surface area contributed by atoms with Crippen LogP contribution >= 0.6 is 0 Å². The molecule has 0 unspecified atom stereocenters. The number of benzene rings is 2. The number of nitrogens with zero attached hydrogens (tertiary/aromatic N) is 1. The van der Waals surface area contributed by atoms with Gasteiger partial charge >= 0.3 is 0 Å². The molecule has 154 valence electrons. The smallest absolute Gasteiger partial charge is 0.239 e. The highest BCUT2D eigenvalue weighted by atomic mass is 16.7. The van der Waals surface area contributed by atoms with E-state index in [9.17, 15) is 4.79 Å². The second-order valence-electron chi connectivity index (χ2n) is 6.36. The van der Waals surface area contributed by atoms with Crippen molar-refractivity contribution in [1.82, 2.24) is 16.0 Å². The van der Waals surface area contributed by atoms with E-state index >= 15 is 0 Å². The van der Waals surface area contributed by atoms with Gasteiger partial charge in [0, 0.05) is 13.1 Å². The SMILES string of the molecule is CCNC(=NCc1ccc2c(c1)OCO2)NCC(=O)NCc1ccc(OC)cc1. The fourth-order valence-corrected chi connectivity index (χ4v) is 2.72. The molecule has 0 atom stereocenters. The summed E-state index contributed by atoms with van der Waals surface area (Å²) < 4.78 is 15.8. The topological polar surface area (TPSA) is 93.2 Å². The van der Waals surface area contributed by atoms with Gasteiger partial charge in [-0.15, -0.1) is 0 Å². The third kappa shape index (κ3) is 6.03. The summed E-state index contributed by atoms with van der Waals surface area (Å²) in [5.41, 5.74) is 2.00. The first kappa shape index (κ1) is 20.3. The van der Waals surface area contributed by atoms with Gasteiger partial charge in [-0.3, -0.25) is 4.79 Å². The zero-order valence-corrected chi connectivity index (χ0v) is 16.7. The monoisotopic (exact) mass is 398 g/mol. The lowest BCUT2D eigenvalue weighted by Gasteiger charge is -2.12. The van der Waals surface area contributed by atoms with Gasteiger partial charge in [-0.05, 0) is 42.3 Å². The van der Waals surface area contributed by atoms with Crippen LogP contribution in [0.5, 0.6) is 17.2 Å². The van der Waals surface area contributed by atoms with Crippen LogP contribution < -0.4 is 30.2 Å². The van der Waals surface area contributed by atoms with Crippen LogP contribution in [0.25, 0.3) is 0 Å². The highest BCUT2D eigenvalue weighted by Crippen LogP contribution is 2.32. The Balaban J connectivity index is 1.47. The molecule has 0 aromatic heterocycles. The quantitative estimate of drug-likeness (QED) is 0.464. The number of amides is 1. The van der Waals surface area contributed by atoms with E-state index in [1.54, 1.807) is 7.11 Å². The summed E-state index contributed by atoms with van der Waals surface area (Å²) in [6.45, 7) is 3.96. The first-order valence-corrected chi connectivity index (χ1v) is 9.48. The zero-order valence-electron chi connectivity index (χ0n) is 16.7. The molecule has 3 rings (SSSR count). The van der Waals surface area contributed by atoms with Gasteiger partial charge in [0.15, 0.2) is 17.5 Å². The summed E-state index contributed by atoms with van der Waals surface area (Å²) in [5.74, 6) is 2.72. The number of hydrogen-bond acceptors (Lipinski definition) is 5. The Morgan fingerprint density at radius 3 is 2.55 bits per heavy atom. The normalized spacial score (nSPS) is 12.4. The van der Waals surface area contributed by atoms with Crippen LogP contribution in [-0.4, -0.2) is 38.9 Å². The molecule has 1 amide bonds. The highest BCUT2D eigenvalue weighted by Gasteiger charge is 2.13. The standard InChI is InChI=1S/C21H26N4O4/c1-3-22-21(24-12-16-6-9-18-19(10-16)29-14-28-18)25-13-20(26)23-11-15-4-7-17(27-2)8-5-15/h4-10H,3,11-14H2,1-2H3,(H,23,26)(H2,22,24,25). The van der Waals surface area contributed by atoms with Crippen molar-refractivity contribution < 1.29 is 19.0 Å². The lowest BCUT2D eigenvalue weighted by Crippen LogP contribution is -2.43. The minimum absolute atomic E-state index is 0.116. The maximum absolute atomic E-state index is 12.1. The number of hydrogen-bond donors (Lipinski definition) is 3. The predicted molar refractivity (Wildman–Crippen MR) is 110 cm³/mol. The first-order chi connectivity index (χ1) is 14.2. The molecular formula is C21H26N4O4. The van der Waals surface area contributed by atoms with Crippen LogP contribution in [0.15, 0.2) is 47.5 Å². The number of rotatable bonds is 8. The van der Waals surface area contributed by atoms with Gasteiger partial charge in [0.2, 0.25) is 12.7 Å². The minimum atomic E-state index is -0.116. The molecule has 0 aliphatic carbocycles. The molecule has 2 aromatic carbocycles. The predicted octanol–water partition coefficient (Wildman–Crippen LogP) is 1.80. The van der Waals surface area contributed by atoms with Crippen molar-refractivity contribution in [2.45, 2.75) is 20.0 Å². The van der Waals surface area contributed by atoms with Crippen molar-refractivity contribution in [3.8, 4) is 17.2 Å². The van der Waals surface area contributed by atoms with Gasteiger partial charge in [-0.2, -0.15) is 0 Å². The second-order valence-corrected chi connectivity index (χ2v) is 6.36. The number of carbonyl (C=O) groups is 1. The van der Waals surface area contributed by atoms with E-state index in [0.29, 0.717) is 25.6 Å². The number of methoxy groups -OCH3 is 1. The van der Waals surface area contributed by atoms with Crippen LogP contribution in [-0.2, 0) is 17.9 Å². The highest BCUT2D eigenvalue weighted by molar-refractivity contribution is 5.86. The number of fused-ring (bicyclic) bond motifs is 1. The molecule has 8 heteroatoms. The number of guanidine groups is 1. The van der Waals surface area contributed by atoms with Gasteiger partial charge in [-0.1, -0.05) is 18.2 Å². The van der Waals surface area contributed by atoms with Gasteiger partial charge in [0.25, 0.3) is 0 Å². The maximum atomic E-state index is 12.1. The Labute approximate surface area is 170 Å². The molecule has 0 radical (unpaired) electrons. The molecular weight excluding hydrogens is 372 g/mol. The summed E-state index contributed by atoms with van der Waals surface area (Å²) in [5, 5.41) is 9.06. The fourth-order valence-electron chi connectivity index (χ4n) is 2.72. The molecule has 0 saturated carbocycles. The largest absolute Gasteiger partial charge is 0.497 e. The van der Waals surface area contributed by atoms with Crippen LogP contribution in [0, 0.1) is 0 Å². The Hall–Kier alpha value is -3.42. The molecule has 0 saturated heterocycles. The average Bonchev–Trinajstić information content (AvgIpc) is 3.22. The molecule has 1 aliphatic heterocycles. The van der Waals surface area contributed by atoms with Crippen molar-refractivity contribution in [2.24, 2.45) is 4.99 Å². The summed E-state index contributed by atoms with van der Waals surface area (Å²) in [4.78, 5) is 16.7. The van der Waals surface area contributed by atoms with Crippen molar-refractivity contribution in [3.63, 3.8) is 0 Å². The number of nitrogens with one attached hydrogen (secondary N) is 3. The van der Waals surface area contributed by atoms with Crippen molar-refractivity contribution >= 4 is 11.9 Å². The summed E-state index contributed by atoms with van der Waals surface area (Å²) in [6.07, 6.45) is 0. The van der Waals surface area contributed by atoms with Crippen LogP contribution in [0.2, 0.25) is 0 Å². The van der Waals surface area contributed by atoms with E-state index < -0.39 is 0 Å². The van der Waals surface area contributed by atoms with Gasteiger partial charge < -0.3 is 30.2 Å². The Morgan fingerprint density at radius 2 is 1.79 bits per heavy atom. The minimum Gasteiger partial charge on any atom is -0.497 e. The average molecular weight is 398 g/mol. The molecule has 0 spiro atoms. The van der Waals surface area contributed by atoms with E-state index in [4.69, 9.17) is 14.2 Å². The second kappa shape index (κ2) is 10.2. The van der Waals surface area contributed by atoms with E-state index in [2.05, 4.69) is 20.9 Å². The number of carbonyl (C=O) groups excluding carboxylic acids is 1. The third-order valence-electron chi connectivity index (χ3n) is 4.27. The Morgan fingerprint density at radius 1 is 1.03 bits per heavy atom. The van der Waals surface area contributed by atoms with Crippen LogP contribution in [0.1, 0.15) is 18.1 Å². The third-order valence-corrected chi connectivity index (χ3v) is 4.27. The lowest BCUT2D eigenvalue weighted by atomic mass is 10.2. The molecule has 1 heterocycles. The first-order valence-electron chi connectivity index (χ1n) is 9.48. The molecule has 2 aromatic rings. The molecule has 3 N–H and O–H groups in total. The van der Waals surface area contributed by atoms with E-state index in [1.165, 1.54) is 0 Å². The van der Waals surface area contributed by atoms with Crippen molar-refractivity contribution in [1.29, 1.82) is 0 Å². The molecule has 29 heavy (non-hydrogen) atoms. The van der Waals surface area contributed by atoms with E-state index in [-0.39, 0.29) is 19.2 Å². The summed E-state index contributed by atoms with van der Waals surface area (Å²) >= 11 is 0. The van der Waals surface area contributed by atoms with Gasteiger partial charge in [0.05, 0.1) is 20.2 Å². The van der Waals surface area contributed by atoms with E-state index in [1.807, 2.05) is 49.4 Å². The zero-order chi connectivity index (χ0) is 20.5. The van der Waals surface area contributed by atoms with Crippen molar-refractivity contribution in [2.75, 3.05) is 27.0 Å². The molecule has 8 nitrogen and oxygen atoms in total. The number of ether oxygens (including phenoxy) is 3. The Kier molecular flexibility index (Phi) is 7.16.